The minimum atomic E-state index is -3.86. The van der Waals surface area contributed by atoms with Gasteiger partial charge < -0.3 is 9.84 Å². The van der Waals surface area contributed by atoms with Crippen LogP contribution in [0.3, 0.4) is 0 Å². The maximum absolute atomic E-state index is 13.6. The molecule has 2 heterocycles. The Morgan fingerprint density at radius 1 is 1.29 bits per heavy atom. The van der Waals surface area contributed by atoms with Gasteiger partial charge in [0.25, 0.3) is 0 Å². The first-order valence-electron chi connectivity index (χ1n) is 12.1. The summed E-state index contributed by atoms with van der Waals surface area (Å²) in [5.41, 5.74) is 1.81. The molecule has 0 bridgehead atoms. The number of sulfonamides is 1. The minimum Gasteiger partial charge on any atom is -0.487 e. The summed E-state index contributed by atoms with van der Waals surface area (Å²) < 4.78 is 35.0. The Morgan fingerprint density at radius 2 is 2.06 bits per heavy atom. The zero-order valence-electron chi connectivity index (χ0n) is 21.3. The smallest absolute Gasteiger partial charge is 0.247 e. The van der Waals surface area contributed by atoms with E-state index >= 15 is 0 Å². The predicted molar refractivity (Wildman–Crippen MR) is 137 cm³/mol. The van der Waals surface area contributed by atoms with Crippen LogP contribution in [0.1, 0.15) is 45.2 Å². The van der Waals surface area contributed by atoms with Crippen molar-refractivity contribution in [3.8, 4) is 17.6 Å². The Balaban J connectivity index is 1.97. The minimum absolute atomic E-state index is 0.110. The molecule has 0 saturated heterocycles. The summed E-state index contributed by atoms with van der Waals surface area (Å²) in [6.45, 7) is 9.22. The van der Waals surface area contributed by atoms with E-state index in [1.54, 1.807) is 31.3 Å². The van der Waals surface area contributed by atoms with Crippen LogP contribution < -0.4 is 4.74 Å². The van der Waals surface area contributed by atoms with E-state index in [4.69, 9.17) is 4.74 Å². The summed E-state index contributed by atoms with van der Waals surface area (Å²) in [7, 11) is -1.84. The second kappa shape index (κ2) is 12.0. The Labute approximate surface area is 210 Å². The molecule has 2 aromatic rings. The zero-order chi connectivity index (χ0) is 25.6. The Hall–Kier alpha value is -2.44. The first kappa shape index (κ1) is 27.2. The lowest BCUT2D eigenvalue weighted by atomic mass is 10.0. The SMILES string of the molecule is CC(C)CC#Cc1ccc2c(c1)O[C@@H](CN(C)Cc1cccnc1)[C@H](C)CN([C@H](C)CO)S2(=O)=O. The van der Waals surface area contributed by atoms with Crippen LogP contribution in [0.5, 0.6) is 5.75 Å². The maximum Gasteiger partial charge on any atom is 0.247 e. The van der Waals surface area contributed by atoms with Gasteiger partial charge in [0.2, 0.25) is 10.0 Å². The monoisotopic (exact) mass is 499 g/mol. The first-order chi connectivity index (χ1) is 16.6. The number of pyridine rings is 1. The van der Waals surface area contributed by atoms with E-state index < -0.39 is 16.1 Å². The van der Waals surface area contributed by atoms with Crippen molar-refractivity contribution in [2.75, 3.05) is 26.7 Å². The normalized spacial score (nSPS) is 20.8. The molecular weight excluding hydrogens is 462 g/mol. The number of aliphatic hydroxyl groups is 1. The molecule has 1 aromatic carbocycles. The van der Waals surface area contributed by atoms with Crippen molar-refractivity contribution in [3.63, 3.8) is 0 Å². The number of aliphatic hydroxyl groups excluding tert-OH is 1. The number of hydrogen-bond acceptors (Lipinski definition) is 6. The fraction of sp³-hybridized carbons (Fsp3) is 0.519. The molecule has 0 amide bonds. The number of hydrogen-bond donors (Lipinski definition) is 1. The van der Waals surface area contributed by atoms with Gasteiger partial charge in [0, 0.05) is 56.0 Å². The van der Waals surface area contributed by atoms with Crippen molar-refractivity contribution >= 4 is 10.0 Å². The van der Waals surface area contributed by atoms with Crippen molar-refractivity contribution in [1.82, 2.24) is 14.2 Å². The summed E-state index contributed by atoms with van der Waals surface area (Å²) in [6.07, 6.45) is 4.09. The van der Waals surface area contributed by atoms with Gasteiger partial charge in [-0.15, -0.1) is 0 Å². The standard InChI is InChI=1S/C27H37N3O4S/c1-20(2)8-6-9-23-11-12-27-25(14-23)34-26(18-29(5)17-24-10-7-13-28-15-24)21(3)16-30(22(4)19-31)35(27,32)33/h7,10-15,20-22,26,31H,8,16-19H2,1-5H3/t21-,22-,26+/m1/s1. The molecular formula is C27H37N3O4S. The molecule has 1 aromatic heterocycles. The first-order valence-corrected chi connectivity index (χ1v) is 13.6. The third-order valence-electron chi connectivity index (χ3n) is 6.08. The number of ether oxygens (including phenoxy) is 1. The summed E-state index contributed by atoms with van der Waals surface area (Å²) in [6, 6.07) is 8.42. The number of aromatic nitrogens is 1. The highest BCUT2D eigenvalue weighted by Crippen LogP contribution is 2.34. The van der Waals surface area contributed by atoms with Crippen LogP contribution in [-0.4, -0.2) is 66.6 Å². The summed E-state index contributed by atoms with van der Waals surface area (Å²) >= 11 is 0. The number of rotatable bonds is 7. The zero-order valence-corrected chi connectivity index (χ0v) is 22.1. The molecule has 1 aliphatic heterocycles. The molecule has 0 saturated carbocycles. The van der Waals surface area contributed by atoms with Crippen molar-refractivity contribution in [2.45, 2.75) is 57.7 Å². The van der Waals surface area contributed by atoms with E-state index in [1.807, 2.05) is 32.3 Å². The number of benzene rings is 1. The molecule has 0 radical (unpaired) electrons. The molecule has 7 nitrogen and oxygen atoms in total. The Morgan fingerprint density at radius 3 is 2.71 bits per heavy atom. The average Bonchev–Trinajstić information content (AvgIpc) is 2.81. The topological polar surface area (TPSA) is 83.0 Å². The third kappa shape index (κ3) is 7.05. The quantitative estimate of drug-likeness (QED) is 0.588. The van der Waals surface area contributed by atoms with Crippen molar-refractivity contribution < 1.29 is 18.3 Å². The fourth-order valence-corrected chi connectivity index (χ4v) is 5.88. The van der Waals surface area contributed by atoms with Gasteiger partial charge in [-0.05, 0) is 49.7 Å². The van der Waals surface area contributed by atoms with Gasteiger partial charge >= 0.3 is 0 Å². The van der Waals surface area contributed by atoms with Crippen molar-refractivity contribution in [1.29, 1.82) is 0 Å². The number of nitrogens with zero attached hydrogens (tertiary/aromatic N) is 3. The lowest BCUT2D eigenvalue weighted by Gasteiger charge is -2.37. The number of likely N-dealkylation sites (N-methyl/N-ethyl adjacent to an activating group) is 1. The van der Waals surface area contributed by atoms with Crippen LogP contribution in [0.2, 0.25) is 0 Å². The van der Waals surface area contributed by atoms with Crippen LogP contribution in [0.15, 0.2) is 47.6 Å². The molecule has 190 valence electrons. The Bertz CT molecular complexity index is 1140. The van der Waals surface area contributed by atoms with Gasteiger partial charge in [-0.2, -0.15) is 4.31 Å². The molecule has 1 aliphatic rings. The molecule has 1 N–H and O–H groups in total. The van der Waals surface area contributed by atoms with Crippen LogP contribution in [0.4, 0.5) is 0 Å². The highest BCUT2D eigenvalue weighted by atomic mass is 32.2. The lowest BCUT2D eigenvalue weighted by Crippen LogP contribution is -2.49. The van der Waals surface area contributed by atoms with Gasteiger partial charge in [0.15, 0.2) is 0 Å². The molecule has 0 fully saturated rings. The molecule has 0 unspecified atom stereocenters. The van der Waals surface area contributed by atoms with Crippen molar-refractivity contribution in [2.24, 2.45) is 11.8 Å². The second-order valence-electron chi connectivity index (χ2n) is 9.86. The fourth-order valence-electron chi connectivity index (χ4n) is 4.05. The van der Waals surface area contributed by atoms with Crippen LogP contribution in [0, 0.1) is 23.7 Å². The molecule has 0 spiro atoms. The summed E-state index contributed by atoms with van der Waals surface area (Å²) in [4.78, 5) is 6.45. The maximum atomic E-state index is 13.6. The molecule has 8 heteroatoms. The van der Waals surface area contributed by atoms with Crippen molar-refractivity contribution in [3.05, 3.63) is 53.9 Å². The Kier molecular flexibility index (Phi) is 9.31. The molecule has 0 aliphatic carbocycles. The van der Waals surface area contributed by atoms with Crippen LogP contribution in [-0.2, 0) is 16.6 Å². The average molecular weight is 500 g/mol. The van der Waals surface area contributed by atoms with E-state index in [2.05, 4.69) is 35.6 Å². The van der Waals surface area contributed by atoms with Gasteiger partial charge in [0.1, 0.15) is 16.7 Å². The van der Waals surface area contributed by atoms with Gasteiger partial charge in [-0.3, -0.25) is 9.88 Å². The van der Waals surface area contributed by atoms with Crippen LogP contribution >= 0.6 is 0 Å². The molecule has 3 atom stereocenters. The van der Waals surface area contributed by atoms with E-state index in [0.29, 0.717) is 24.8 Å². The second-order valence-corrected chi connectivity index (χ2v) is 11.7. The molecule has 3 rings (SSSR count). The van der Waals surface area contributed by atoms with E-state index in [1.165, 1.54) is 4.31 Å². The third-order valence-corrected chi connectivity index (χ3v) is 8.10. The van der Waals surface area contributed by atoms with E-state index in [0.717, 1.165) is 17.5 Å². The lowest BCUT2D eigenvalue weighted by molar-refractivity contribution is 0.0733. The van der Waals surface area contributed by atoms with Crippen LogP contribution in [0.25, 0.3) is 0 Å². The summed E-state index contributed by atoms with van der Waals surface area (Å²) in [5.74, 6) is 6.95. The highest BCUT2D eigenvalue weighted by Gasteiger charge is 2.38. The van der Waals surface area contributed by atoms with Gasteiger partial charge in [-0.25, -0.2) is 8.42 Å². The van der Waals surface area contributed by atoms with Gasteiger partial charge in [-0.1, -0.05) is 38.7 Å². The van der Waals surface area contributed by atoms with Gasteiger partial charge in [0.05, 0.1) is 6.61 Å². The number of fused-ring (bicyclic) bond motifs is 1. The highest BCUT2D eigenvalue weighted by molar-refractivity contribution is 7.89. The molecule has 35 heavy (non-hydrogen) atoms. The predicted octanol–water partition coefficient (Wildman–Crippen LogP) is 3.38. The van der Waals surface area contributed by atoms with E-state index in [-0.39, 0.29) is 30.1 Å². The van der Waals surface area contributed by atoms with E-state index in [9.17, 15) is 13.5 Å². The summed E-state index contributed by atoms with van der Waals surface area (Å²) in [5, 5.41) is 9.81. The largest absolute Gasteiger partial charge is 0.487 e.